The molecule has 2 heterocycles. The summed E-state index contributed by atoms with van der Waals surface area (Å²) in [5, 5.41) is 17.8. The van der Waals surface area contributed by atoms with Crippen LogP contribution in [-0.2, 0) is 4.79 Å². The third-order valence-electron chi connectivity index (χ3n) is 6.17. The van der Waals surface area contributed by atoms with Crippen molar-refractivity contribution in [3.63, 3.8) is 0 Å². The SMILES string of the molecule is CC(=O)Nc1ccccc1N1CC(NC2CCN(C(=O)c3ccc(Cl)cc3)CC2)[C@H](O)C1. The lowest BCUT2D eigenvalue weighted by molar-refractivity contribution is -0.114. The second kappa shape index (κ2) is 9.90. The fourth-order valence-corrected chi connectivity index (χ4v) is 4.64. The Bertz CT molecular complexity index is 960. The number of likely N-dealkylation sites (tertiary alicyclic amines) is 1. The first-order valence-electron chi connectivity index (χ1n) is 11.0. The number of nitrogens with zero attached hydrogens (tertiary/aromatic N) is 2. The van der Waals surface area contributed by atoms with E-state index in [1.807, 2.05) is 29.2 Å². The van der Waals surface area contributed by atoms with E-state index in [-0.39, 0.29) is 23.9 Å². The number of piperidine rings is 1. The third-order valence-corrected chi connectivity index (χ3v) is 6.42. The van der Waals surface area contributed by atoms with E-state index in [1.165, 1.54) is 6.92 Å². The monoisotopic (exact) mass is 456 g/mol. The number of β-amino-alcohol motifs (C(OH)–C–C–N with tert-alkyl or cyclic N) is 1. The molecule has 170 valence electrons. The molecule has 2 fully saturated rings. The van der Waals surface area contributed by atoms with Crippen molar-refractivity contribution in [2.45, 2.75) is 38.0 Å². The molecule has 8 heteroatoms. The van der Waals surface area contributed by atoms with Crippen molar-refractivity contribution >= 4 is 34.8 Å². The molecule has 0 aromatic heterocycles. The quantitative estimate of drug-likeness (QED) is 0.644. The molecule has 1 unspecified atom stereocenters. The number of benzene rings is 2. The first-order chi connectivity index (χ1) is 15.4. The molecule has 0 bridgehead atoms. The molecule has 2 saturated heterocycles. The smallest absolute Gasteiger partial charge is 0.253 e. The molecule has 2 aromatic rings. The number of amides is 2. The van der Waals surface area contributed by atoms with E-state index in [4.69, 9.17) is 11.6 Å². The number of hydrogen-bond donors (Lipinski definition) is 3. The number of hydrogen-bond acceptors (Lipinski definition) is 5. The summed E-state index contributed by atoms with van der Waals surface area (Å²) in [5.74, 6) is -0.0893. The van der Waals surface area contributed by atoms with Gasteiger partial charge < -0.3 is 25.5 Å². The predicted molar refractivity (Wildman–Crippen MR) is 126 cm³/mol. The highest BCUT2D eigenvalue weighted by Crippen LogP contribution is 2.29. The molecule has 2 aliphatic heterocycles. The van der Waals surface area contributed by atoms with E-state index in [0.717, 1.165) is 24.2 Å². The second-order valence-corrected chi connectivity index (χ2v) is 8.95. The van der Waals surface area contributed by atoms with Crippen molar-refractivity contribution in [2.75, 3.05) is 36.4 Å². The van der Waals surface area contributed by atoms with Crippen molar-refractivity contribution in [3.8, 4) is 0 Å². The summed E-state index contributed by atoms with van der Waals surface area (Å²) < 4.78 is 0. The minimum atomic E-state index is -0.505. The van der Waals surface area contributed by atoms with Gasteiger partial charge in [0.25, 0.3) is 5.91 Å². The van der Waals surface area contributed by atoms with E-state index in [9.17, 15) is 14.7 Å². The van der Waals surface area contributed by atoms with Crippen LogP contribution in [0.25, 0.3) is 0 Å². The number of halogens is 1. The third kappa shape index (κ3) is 5.23. The topological polar surface area (TPSA) is 84.9 Å². The highest BCUT2D eigenvalue weighted by Gasteiger charge is 2.35. The zero-order chi connectivity index (χ0) is 22.7. The molecule has 0 aliphatic carbocycles. The molecule has 0 radical (unpaired) electrons. The number of anilines is 2. The van der Waals surface area contributed by atoms with Gasteiger partial charge in [0.2, 0.25) is 5.91 Å². The molecule has 2 amide bonds. The first kappa shape index (κ1) is 22.6. The molecular weight excluding hydrogens is 428 g/mol. The van der Waals surface area contributed by atoms with Gasteiger partial charge in [-0.2, -0.15) is 0 Å². The lowest BCUT2D eigenvalue weighted by Gasteiger charge is -2.34. The molecule has 4 rings (SSSR count). The van der Waals surface area contributed by atoms with Gasteiger partial charge in [0.1, 0.15) is 0 Å². The maximum atomic E-state index is 12.7. The van der Waals surface area contributed by atoms with Crippen molar-refractivity contribution in [2.24, 2.45) is 0 Å². The molecule has 0 saturated carbocycles. The predicted octanol–water partition coefficient (Wildman–Crippen LogP) is 2.74. The highest BCUT2D eigenvalue weighted by atomic mass is 35.5. The van der Waals surface area contributed by atoms with Gasteiger partial charge in [-0.1, -0.05) is 23.7 Å². The summed E-state index contributed by atoms with van der Waals surface area (Å²) in [7, 11) is 0. The second-order valence-electron chi connectivity index (χ2n) is 8.52. The van der Waals surface area contributed by atoms with Gasteiger partial charge in [0.05, 0.1) is 23.5 Å². The largest absolute Gasteiger partial charge is 0.390 e. The van der Waals surface area contributed by atoms with Crippen LogP contribution in [0.15, 0.2) is 48.5 Å². The van der Waals surface area contributed by atoms with Gasteiger partial charge in [-0.05, 0) is 49.2 Å². The van der Waals surface area contributed by atoms with E-state index in [2.05, 4.69) is 15.5 Å². The molecular formula is C24H29ClN4O3. The van der Waals surface area contributed by atoms with Crippen molar-refractivity contribution in [3.05, 3.63) is 59.1 Å². The van der Waals surface area contributed by atoms with E-state index < -0.39 is 6.10 Å². The van der Waals surface area contributed by atoms with E-state index in [0.29, 0.717) is 36.8 Å². The Balaban J connectivity index is 1.32. The summed E-state index contributed by atoms with van der Waals surface area (Å²) in [5.41, 5.74) is 2.32. The number of carbonyl (C=O) groups excluding carboxylic acids is 2. The molecule has 2 aromatic carbocycles. The maximum absolute atomic E-state index is 12.7. The van der Waals surface area contributed by atoms with Crippen molar-refractivity contribution in [1.82, 2.24) is 10.2 Å². The van der Waals surface area contributed by atoms with Crippen molar-refractivity contribution < 1.29 is 14.7 Å². The zero-order valence-electron chi connectivity index (χ0n) is 18.1. The van der Waals surface area contributed by atoms with Crippen molar-refractivity contribution in [1.29, 1.82) is 0 Å². The summed E-state index contributed by atoms with van der Waals surface area (Å²) >= 11 is 5.92. The number of aliphatic hydroxyl groups excluding tert-OH is 1. The Labute approximate surface area is 193 Å². The summed E-state index contributed by atoms with van der Waals surface area (Å²) in [4.78, 5) is 28.2. The first-order valence-corrected chi connectivity index (χ1v) is 11.4. The molecule has 2 aliphatic rings. The Morgan fingerprint density at radius 3 is 2.41 bits per heavy atom. The Kier molecular flexibility index (Phi) is 6.98. The van der Waals surface area contributed by atoms with Gasteiger partial charge in [0.15, 0.2) is 0 Å². The lowest BCUT2D eigenvalue weighted by atomic mass is 10.0. The van der Waals surface area contributed by atoms with Crippen LogP contribution >= 0.6 is 11.6 Å². The normalized spacial score (nSPS) is 21.6. The van der Waals surface area contributed by atoms with Crippen LogP contribution in [0.2, 0.25) is 5.02 Å². The highest BCUT2D eigenvalue weighted by molar-refractivity contribution is 6.30. The van der Waals surface area contributed by atoms with E-state index in [1.54, 1.807) is 24.3 Å². The van der Waals surface area contributed by atoms with Gasteiger partial charge in [0, 0.05) is 49.7 Å². The van der Waals surface area contributed by atoms with Gasteiger partial charge in [-0.25, -0.2) is 0 Å². The Morgan fingerprint density at radius 2 is 1.72 bits per heavy atom. The van der Waals surface area contributed by atoms with Gasteiger partial charge in [-0.3, -0.25) is 9.59 Å². The van der Waals surface area contributed by atoms with Crippen LogP contribution in [0.5, 0.6) is 0 Å². The minimum absolute atomic E-state index is 0.0294. The Morgan fingerprint density at radius 1 is 1.03 bits per heavy atom. The number of nitrogens with one attached hydrogen (secondary N) is 2. The van der Waals surface area contributed by atoms with Crippen LogP contribution in [-0.4, -0.2) is 66.2 Å². The van der Waals surface area contributed by atoms with E-state index >= 15 is 0 Å². The number of aliphatic hydroxyl groups is 1. The Hall–Kier alpha value is -2.61. The number of carbonyl (C=O) groups is 2. The lowest BCUT2D eigenvalue weighted by Crippen LogP contribution is -2.50. The summed E-state index contributed by atoms with van der Waals surface area (Å²) in [6.45, 7) is 4.00. The molecule has 3 N–H and O–H groups in total. The maximum Gasteiger partial charge on any atom is 0.253 e. The van der Waals surface area contributed by atoms with Gasteiger partial charge >= 0.3 is 0 Å². The van der Waals surface area contributed by atoms with Crippen LogP contribution in [0.1, 0.15) is 30.1 Å². The standard InChI is InChI=1S/C24H29ClN4O3/c1-16(30)26-20-4-2-3-5-22(20)29-14-21(23(31)15-29)27-19-10-12-28(13-11-19)24(32)17-6-8-18(25)9-7-17/h2-9,19,21,23,27,31H,10-15H2,1H3,(H,26,30)/t21?,23-/m1/s1. The van der Waals surface area contributed by atoms with Crippen LogP contribution < -0.4 is 15.5 Å². The fraction of sp³-hybridized carbons (Fsp3) is 0.417. The number of para-hydroxylation sites is 2. The minimum Gasteiger partial charge on any atom is -0.390 e. The summed E-state index contributed by atoms with van der Waals surface area (Å²) in [6, 6.07) is 14.8. The van der Waals surface area contributed by atoms with Crippen LogP contribution in [0.3, 0.4) is 0 Å². The molecule has 0 spiro atoms. The van der Waals surface area contributed by atoms with Gasteiger partial charge in [-0.15, -0.1) is 0 Å². The molecule has 32 heavy (non-hydrogen) atoms. The van der Waals surface area contributed by atoms with Crippen LogP contribution in [0.4, 0.5) is 11.4 Å². The number of rotatable bonds is 5. The zero-order valence-corrected chi connectivity index (χ0v) is 18.9. The summed E-state index contributed by atoms with van der Waals surface area (Å²) in [6.07, 6.45) is 1.17. The molecule has 7 nitrogen and oxygen atoms in total. The van der Waals surface area contributed by atoms with Crippen LogP contribution in [0, 0.1) is 0 Å². The fourth-order valence-electron chi connectivity index (χ4n) is 4.52. The average Bonchev–Trinajstić information content (AvgIpc) is 3.14. The molecule has 2 atom stereocenters. The average molecular weight is 457 g/mol.